The van der Waals surface area contributed by atoms with Crippen LogP contribution in [0.5, 0.6) is 0 Å². The van der Waals surface area contributed by atoms with Crippen molar-refractivity contribution in [1.82, 2.24) is 0 Å². The molecule has 0 heterocycles. The maximum Gasteiger partial charge on any atom is 0.127 e. The molecule has 0 amide bonds. The van der Waals surface area contributed by atoms with Crippen LogP contribution in [0.25, 0.3) is 0 Å². The van der Waals surface area contributed by atoms with Crippen molar-refractivity contribution in [3.8, 4) is 0 Å². The van der Waals surface area contributed by atoms with Crippen molar-refractivity contribution in [2.45, 2.75) is 24.9 Å². The molecule has 0 spiro atoms. The molecule has 2 rings (SSSR count). The van der Waals surface area contributed by atoms with E-state index in [1.54, 1.807) is 12.1 Å². The lowest BCUT2D eigenvalue weighted by Gasteiger charge is -2.08. The molecule has 0 unspecified atom stereocenters. The fraction of sp³-hybridized carbons (Fsp3) is 0.400. The van der Waals surface area contributed by atoms with Gasteiger partial charge in [-0.1, -0.05) is 17.7 Å². The Hall–Kier alpha value is -0.600. The van der Waals surface area contributed by atoms with E-state index in [-0.39, 0.29) is 5.82 Å². The normalized spacial score (nSPS) is 18.7. The maximum atomic E-state index is 13.2. The summed E-state index contributed by atoms with van der Waals surface area (Å²) in [4.78, 5) is 0. The van der Waals surface area contributed by atoms with Gasteiger partial charge in [-0.15, -0.1) is 0 Å². The van der Waals surface area contributed by atoms with E-state index in [4.69, 9.17) is 11.6 Å². The van der Waals surface area contributed by atoms with Crippen LogP contribution in [0, 0.1) is 5.82 Å². The van der Waals surface area contributed by atoms with Crippen LogP contribution in [0.4, 0.5) is 4.39 Å². The van der Waals surface area contributed by atoms with Crippen LogP contribution >= 0.6 is 11.6 Å². The second kappa shape index (κ2) is 2.96. The number of hydrogen-bond donors (Lipinski definition) is 1. The van der Waals surface area contributed by atoms with Crippen molar-refractivity contribution < 1.29 is 9.50 Å². The summed E-state index contributed by atoms with van der Waals surface area (Å²) < 4.78 is 13.2. The molecule has 0 aliphatic heterocycles. The Morgan fingerprint density at radius 2 is 2.15 bits per heavy atom. The Labute approximate surface area is 81.1 Å². The third kappa shape index (κ3) is 2.01. The van der Waals surface area contributed by atoms with Crippen molar-refractivity contribution in [3.63, 3.8) is 0 Å². The summed E-state index contributed by atoms with van der Waals surface area (Å²) in [6, 6.07) is 4.56. The minimum Gasteiger partial charge on any atom is -0.390 e. The molecule has 0 atom stereocenters. The summed E-state index contributed by atoms with van der Waals surface area (Å²) in [5.74, 6) is -0.326. The van der Waals surface area contributed by atoms with E-state index in [2.05, 4.69) is 0 Å². The van der Waals surface area contributed by atoms with Gasteiger partial charge in [-0.3, -0.25) is 0 Å². The third-order valence-corrected chi connectivity index (χ3v) is 2.60. The summed E-state index contributed by atoms with van der Waals surface area (Å²) >= 11 is 5.60. The van der Waals surface area contributed by atoms with E-state index < -0.39 is 5.60 Å². The average molecular weight is 201 g/mol. The van der Waals surface area contributed by atoms with Gasteiger partial charge >= 0.3 is 0 Å². The van der Waals surface area contributed by atoms with Crippen molar-refractivity contribution in [1.29, 1.82) is 0 Å². The predicted octanol–water partition coefficient (Wildman–Crippen LogP) is 2.55. The average Bonchev–Trinajstić information content (AvgIpc) is 2.75. The molecule has 1 aliphatic rings. The number of benzene rings is 1. The van der Waals surface area contributed by atoms with E-state index in [1.807, 2.05) is 0 Å². The van der Waals surface area contributed by atoms with E-state index >= 15 is 0 Å². The highest BCUT2D eigenvalue weighted by molar-refractivity contribution is 6.30. The lowest BCUT2D eigenvalue weighted by atomic mass is 10.1. The predicted molar refractivity (Wildman–Crippen MR) is 49.3 cm³/mol. The fourth-order valence-electron chi connectivity index (χ4n) is 1.34. The van der Waals surface area contributed by atoms with Gasteiger partial charge in [0, 0.05) is 11.4 Å². The first kappa shape index (κ1) is 8.97. The molecule has 0 radical (unpaired) electrons. The van der Waals surface area contributed by atoms with Gasteiger partial charge in [-0.05, 0) is 30.5 Å². The molecule has 0 saturated heterocycles. The van der Waals surface area contributed by atoms with Gasteiger partial charge in [-0.25, -0.2) is 4.39 Å². The Bertz CT molecular complexity index is 334. The summed E-state index contributed by atoms with van der Waals surface area (Å²) in [6.45, 7) is 0. The van der Waals surface area contributed by atoms with Crippen LogP contribution < -0.4 is 0 Å². The first-order valence-corrected chi connectivity index (χ1v) is 4.63. The Morgan fingerprint density at radius 3 is 2.69 bits per heavy atom. The molecule has 3 heteroatoms. The standard InChI is InChI=1S/C10H10ClFO/c11-8-2-1-7(9(12)5-8)6-10(13)3-4-10/h1-2,5,13H,3-4,6H2. The second-order valence-electron chi connectivity index (χ2n) is 3.64. The van der Waals surface area contributed by atoms with E-state index in [0.717, 1.165) is 12.8 Å². The van der Waals surface area contributed by atoms with Crippen molar-refractivity contribution >= 4 is 11.6 Å². The number of hydrogen-bond acceptors (Lipinski definition) is 1. The SMILES string of the molecule is OC1(Cc2ccc(Cl)cc2F)CC1. The molecule has 70 valence electrons. The summed E-state index contributed by atoms with van der Waals surface area (Å²) in [7, 11) is 0. The molecule has 1 saturated carbocycles. The summed E-state index contributed by atoms with van der Waals surface area (Å²) in [6.07, 6.45) is 1.94. The van der Waals surface area contributed by atoms with Gasteiger partial charge in [0.15, 0.2) is 0 Å². The van der Waals surface area contributed by atoms with Gasteiger partial charge in [0.25, 0.3) is 0 Å². The summed E-state index contributed by atoms with van der Waals surface area (Å²) in [5, 5.41) is 9.97. The van der Waals surface area contributed by atoms with Crippen molar-refractivity contribution in [2.24, 2.45) is 0 Å². The topological polar surface area (TPSA) is 20.2 Å². The lowest BCUT2D eigenvalue weighted by molar-refractivity contribution is 0.149. The zero-order valence-corrected chi connectivity index (χ0v) is 7.81. The first-order chi connectivity index (χ1) is 6.09. The van der Waals surface area contributed by atoms with Crippen LogP contribution in [0.3, 0.4) is 0 Å². The van der Waals surface area contributed by atoms with Crippen LogP contribution in [0.1, 0.15) is 18.4 Å². The fourth-order valence-corrected chi connectivity index (χ4v) is 1.50. The first-order valence-electron chi connectivity index (χ1n) is 4.25. The zero-order valence-electron chi connectivity index (χ0n) is 7.06. The van der Waals surface area contributed by atoms with Crippen LogP contribution in [-0.4, -0.2) is 10.7 Å². The van der Waals surface area contributed by atoms with Crippen LogP contribution in [-0.2, 0) is 6.42 Å². The molecule has 13 heavy (non-hydrogen) atoms. The summed E-state index contributed by atoms with van der Waals surface area (Å²) in [5.41, 5.74) is -0.0984. The molecule has 1 fully saturated rings. The van der Waals surface area contributed by atoms with Gasteiger partial charge in [0.2, 0.25) is 0 Å². The van der Waals surface area contributed by atoms with Crippen LogP contribution in [0.15, 0.2) is 18.2 Å². The maximum absolute atomic E-state index is 13.2. The molecule has 0 aromatic heterocycles. The highest BCUT2D eigenvalue weighted by Crippen LogP contribution is 2.38. The molecule has 0 bridgehead atoms. The zero-order chi connectivity index (χ0) is 9.47. The number of halogens is 2. The quantitative estimate of drug-likeness (QED) is 0.778. The molecule has 1 nitrogen and oxygen atoms in total. The molecule has 1 N–H and O–H groups in total. The van der Waals surface area contributed by atoms with Gasteiger partial charge in [0.1, 0.15) is 5.82 Å². The minimum atomic E-state index is -0.644. The van der Waals surface area contributed by atoms with Gasteiger partial charge in [-0.2, -0.15) is 0 Å². The monoisotopic (exact) mass is 200 g/mol. The Balaban J connectivity index is 2.20. The van der Waals surface area contributed by atoms with E-state index in [1.165, 1.54) is 6.07 Å². The third-order valence-electron chi connectivity index (χ3n) is 2.36. The largest absolute Gasteiger partial charge is 0.390 e. The van der Waals surface area contributed by atoms with E-state index in [0.29, 0.717) is 17.0 Å². The van der Waals surface area contributed by atoms with Crippen molar-refractivity contribution in [2.75, 3.05) is 0 Å². The Kier molecular flexibility index (Phi) is 2.05. The molecular weight excluding hydrogens is 191 g/mol. The molecule has 1 aromatic carbocycles. The van der Waals surface area contributed by atoms with Gasteiger partial charge in [0.05, 0.1) is 5.60 Å². The van der Waals surface area contributed by atoms with E-state index in [9.17, 15) is 9.50 Å². The number of aliphatic hydroxyl groups is 1. The van der Waals surface area contributed by atoms with Gasteiger partial charge < -0.3 is 5.11 Å². The molecular formula is C10H10ClFO. The lowest BCUT2D eigenvalue weighted by Crippen LogP contribution is -2.11. The Morgan fingerprint density at radius 1 is 1.46 bits per heavy atom. The second-order valence-corrected chi connectivity index (χ2v) is 4.07. The minimum absolute atomic E-state index is 0.326. The number of rotatable bonds is 2. The smallest absolute Gasteiger partial charge is 0.127 e. The molecule has 1 aromatic rings. The highest BCUT2D eigenvalue weighted by atomic mass is 35.5. The highest BCUT2D eigenvalue weighted by Gasteiger charge is 2.40. The molecule has 1 aliphatic carbocycles. The van der Waals surface area contributed by atoms with Crippen LogP contribution in [0.2, 0.25) is 5.02 Å². The van der Waals surface area contributed by atoms with Crippen molar-refractivity contribution in [3.05, 3.63) is 34.6 Å².